The predicted molar refractivity (Wildman–Crippen MR) is 137 cm³/mol. The van der Waals surface area contributed by atoms with E-state index in [2.05, 4.69) is 4.74 Å². The lowest BCUT2D eigenvalue weighted by atomic mass is 9.88. The maximum absolute atomic E-state index is 14.3. The maximum atomic E-state index is 14.3. The summed E-state index contributed by atoms with van der Waals surface area (Å²) in [7, 11) is -4.69. The molecule has 0 saturated carbocycles. The first-order chi connectivity index (χ1) is 20.8. The minimum atomic E-state index is -6.26. The zero-order valence-corrected chi connectivity index (χ0v) is 23.4. The van der Waals surface area contributed by atoms with Crippen LogP contribution in [-0.2, 0) is 41.1 Å². The molecule has 17 heteroatoms. The molecular weight excluding hydrogens is 647 g/mol. The Morgan fingerprint density at radius 3 is 1.87 bits per heavy atom. The molecule has 2 N–H and O–H groups in total. The minimum Gasteiger partial charge on any atom is -0.361 e. The number of halogens is 9. The second-order valence-corrected chi connectivity index (χ2v) is 12.3. The Hall–Kier alpha value is -4.12. The Balaban J connectivity index is 1.87. The predicted octanol–water partition coefficient (Wildman–Crippen LogP) is 5.03. The first-order valence-corrected chi connectivity index (χ1v) is 14.2. The summed E-state index contributed by atoms with van der Waals surface area (Å²) in [4.78, 5) is 24.1. The lowest BCUT2D eigenvalue weighted by Gasteiger charge is -2.38. The first-order valence-electron chi connectivity index (χ1n) is 12.7. The van der Waals surface area contributed by atoms with Crippen molar-refractivity contribution < 1.29 is 62.3 Å². The van der Waals surface area contributed by atoms with Gasteiger partial charge in [0.15, 0.2) is 9.84 Å². The van der Waals surface area contributed by atoms with E-state index in [0.717, 1.165) is 35.2 Å². The molecular formula is C28H21F9N2O5S. The highest BCUT2D eigenvalue weighted by molar-refractivity contribution is 7.92. The van der Waals surface area contributed by atoms with E-state index in [-0.39, 0.29) is 12.1 Å². The van der Waals surface area contributed by atoms with Crippen LogP contribution in [-0.4, -0.2) is 50.6 Å². The van der Waals surface area contributed by atoms with Crippen molar-refractivity contribution in [2.24, 2.45) is 5.73 Å². The summed E-state index contributed by atoms with van der Waals surface area (Å²) in [6, 6.07) is 7.21. The first kappa shape index (κ1) is 33.8. The summed E-state index contributed by atoms with van der Waals surface area (Å²) < 4.78 is 158. The van der Waals surface area contributed by atoms with E-state index in [1.54, 1.807) is 0 Å². The zero-order chi connectivity index (χ0) is 33.6. The van der Waals surface area contributed by atoms with Crippen molar-refractivity contribution >= 4 is 21.7 Å². The van der Waals surface area contributed by atoms with E-state index in [9.17, 15) is 57.5 Å². The molecule has 3 aromatic carbocycles. The Morgan fingerprint density at radius 1 is 0.844 bits per heavy atom. The molecule has 3 aromatic rings. The highest BCUT2D eigenvalue weighted by Crippen LogP contribution is 2.54. The maximum Gasteiger partial charge on any atom is 0.430 e. The molecule has 45 heavy (non-hydrogen) atoms. The molecule has 1 atom stereocenters. The van der Waals surface area contributed by atoms with Crippen molar-refractivity contribution in [3.05, 3.63) is 101 Å². The number of amides is 2. The summed E-state index contributed by atoms with van der Waals surface area (Å²) in [5.74, 6) is -6.51. The summed E-state index contributed by atoms with van der Waals surface area (Å²) in [6.07, 6.45) is -13.0. The number of carbonyl (C=O) groups is 2. The van der Waals surface area contributed by atoms with Crippen LogP contribution in [0.4, 0.5) is 39.5 Å². The van der Waals surface area contributed by atoms with Crippen LogP contribution in [0.2, 0.25) is 0 Å². The van der Waals surface area contributed by atoms with E-state index in [0.29, 0.717) is 24.3 Å². The third-order valence-corrected chi connectivity index (χ3v) is 9.97. The molecule has 1 saturated heterocycles. The Labute approximate surface area is 249 Å². The van der Waals surface area contributed by atoms with E-state index in [1.807, 2.05) is 0 Å². The molecule has 0 aliphatic carbocycles. The fraction of sp³-hybridized carbons (Fsp3) is 0.286. The molecule has 7 nitrogen and oxygen atoms in total. The van der Waals surface area contributed by atoms with Crippen molar-refractivity contribution in [3.63, 3.8) is 0 Å². The van der Waals surface area contributed by atoms with Crippen LogP contribution in [0, 0.1) is 17.5 Å². The van der Waals surface area contributed by atoms with Crippen LogP contribution in [0.5, 0.6) is 0 Å². The van der Waals surface area contributed by atoms with Crippen LogP contribution < -0.4 is 5.73 Å². The average Bonchev–Trinajstić information content (AvgIpc) is 3.41. The van der Waals surface area contributed by atoms with Gasteiger partial charge < -0.3 is 15.4 Å². The van der Waals surface area contributed by atoms with Gasteiger partial charge in [0.2, 0.25) is 0 Å². The second-order valence-electron chi connectivity index (χ2n) is 10.0. The number of likely N-dealkylation sites (tertiary alicyclic amines) is 1. The molecule has 1 aliphatic rings. The Bertz CT molecular complexity index is 1680. The normalized spacial score (nSPS) is 17.8. The molecule has 242 valence electrons. The molecule has 1 aliphatic heterocycles. The number of rotatable bonds is 7. The fourth-order valence-electron chi connectivity index (χ4n) is 5.15. The fourth-order valence-corrected chi connectivity index (χ4v) is 7.23. The van der Waals surface area contributed by atoms with Crippen molar-refractivity contribution in [2.75, 3.05) is 13.1 Å². The zero-order valence-electron chi connectivity index (χ0n) is 22.6. The number of carbonyl (C=O) groups excluding carboxylic acids is 2. The summed E-state index contributed by atoms with van der Waals surface area (Å²) >= 11 is 0. The van der Waals surface area contributed by atoms with Gasteiger partial charge in [0.05, 0.1) is 11.5 Å². The topological polar surface area (TPSA) is 107 Å². The number of primary amides is 1. The smallest absolute Gasteiger partial charge is 0.361 e. The molecule has 0 spiro atoms. The number of benzene rings is 3. The van der Waals surface area contributed by atoms with E-state index >= 15 is 0 Å². The lowest BCUT2D eigenvalue weighted by Crippen LogP contribution is -2.56. The van der Waals surface area contributed by atoms with Crippen LogP contribution in [0.3, 0.4) is 0 Å². The summed E-state index contributed by atoms with van der Waals surface area (Å²) in [5.41, 5.74) is -3.33. The highest BCUT2D eigenvalue weighted by atomic mass is 32.2. The van der Waals surface area contributed by atoms with Crippen molar-refractivity contribution in [2.45, 2.75) is 40.6 Å². The van der Waals surface area contributed by atoms with Gasteiger partial charge in [-0.05, 0) is 48.4 Å². The highest BCUT2D eigenvalue weighted by Gasteiger charge is 2.73. The van der Waals surface area contributed by atoms with Gasteiger partial charge in [0.1, 0.15) is 22.2 Å². The van der Waals surface area contributed by atoms with Gasteiger partial charge in [-0.15, -0.1) is 0 Å². The van der Waals surface area contributed by atoms with Gasteiger partial charge in [-0.3, -0.25) is 9.59 Å². The molecule has 2 amide bonds. The second kappa shape index (κ2) is 11.7. The van der Waals surface area contributed by atoms with Gasteiger partial charge in [-0.2, -0.15) is 26.3 Å². The third kappa shape index (κ3) is 5.74. The number of hydrogen-bond acceptors (Lipinski definition) is 5. The number of nitrogens with zero attached hydrogens (tertiary/aromatic N) is 1. The van der Waals surface area contributed by atoms with Gasteiger partial charge in [0, 0.05) is 24.2 Å². The van der Waals surface area contributed by atoms with Crippen LogP contribution >= 0.6 is 0 Å². The average molecular weight is 669 g/mol. The van der Waals surface area contributed by atoms with E-state index in [1.165, 1.54) is 0 Å². The quantitative estimate of drug-likeness (QED) is 0.216. The molecule has 1 unspecified atom stereocenters. The molecule has 1 fully saturated rings. The third-order valence-electron chi connectivity index (χ3n) is 7.48. The van der Waals surface area contributed by atoms with Crippen molar-refractivity contribution in [1.82, 2.24) is 4.90 Å². The molecule has 0 radical (unpaired) electrons. The van der Waals surface area contributed by atoms with Crippen LogP contribution in [0.15, 0.2) is 71.6 Å². The van der Waals surface area contributed by atoms with Crippen LogP contribution in [0.1, 0.15) is 23.1 Å². The van der Waals surface area contributed by atoms with Crippen LogP contribution in [0.25, 0.3) is 0 Å². The monoisotopic (exact) mass is 668 g/mol. The Morgan fingerprint density at radius 2 is 1.38 bits per heavy atom. The van der Waals surface area contributed by atoms with Gasteiger partial charge in [-0.1, -0.05) is 30.3 Å². The largest absolute Gasteiger partial charge is 0.430 e. The van der Waals surface area contributed by atoms with Gasteiger partial charge in [-0.25, -0.2) is 21.6 Å². The Kier molecular flexibility index (Phi) is 8.76. The summed E-state index contributed by atoms with van der Waals surface area (Å²) in [6.45, 7) is -3.00. The van der Waals surface area contributed by atoms with Crippen molar-refractivity contribution in [3.8, 4) is 0 Å². The number of nitrogens with two attached hydrogens (primary N) is 1. The van der Waals surface area contributed by atoms with Gasteiger partial charge in [0.25, 0.3) is 5.60 Å². The lowest BCUT2D eigenvalue weighted by molar-refractivity contribution is -0.392. The summed E-state index contributed by atoms with van der Waals surface area (Å²) in [5, 5.41) is 0. The van der Waals surface area contributed by atoms with Crippen molar-refractivity contribution in [1.29, 1.82) is 0 Å². The molecule has 1 heterocycles. The van der Waals surface area contributed by atoms with Gasteiger partial charge >= 0.3 is 24.2 Å². The molecule has 0 aromatic heterocycles. The molecule has 4 rings (SSSR count). The SMILES string of the molecule is NC(=O)C(=O)N1CCC(c2ccc(C(OCc3c(F)cccc3F)(C(F)(F)F)C(F)(F)F)cc2)(S(=O)(=O)c2ccc(F)cc2)C1. The molecule has 0 bridgehead atoms. The van der Waals surface area contributed by atoms with E-state index < -0.39 is 110 Å². The number of alkyl halides is 6. The van der Waals surface area contributed by atoms with E-state index in [4.69, 9.17) is 5.73 Å². The minimum absolute atomic E-state index is 0.286. The standard InChI is InChI=1S/C28H21F9N2O5S/c29-18-8-10-19(11-9-18)45(42,43)25(12-13-39(15-25)24(41)23(38)40)16-4-6-17(7-5-16)26(27(32,33)34,28(35,36)37)44-14-20-21(30)2-1-3-22(20)31/h1-11H,12-15H2,(H2,38,40). The number of ether oxygens (including phenoxy) is 1. The number of sulfone groups is 1. The number of hydrogen-bond donors (Lipinski definition) is 1.